The molecule has 0 bridgehead atoms. The topological polar surface area (TPSA) is 173 Å². The fourth-order valence-corrected chi connectivity index (χ4v) is 5.49. The molecule has 0 atom stereocenters. The SMILES string of the molecule is CN=C(Nc1ccc(C)cc1F)c1c(C(C)=CO)n(-c2cccc(NC(=O)CN(N)/C=C(\N)c3ccc(C(F)(F)F)cc3)c2)c(=O)n(C2CC2)c1=O. The molecule has 3 aromatic carbocycles. The molecule has 4 aromatic rings. The van der Waals surface area contributed by atoms with Gasteiger partial charge >= 0.3 is 11.9 Å². The van der Waals surface area contributed by atoms with E-state index in [1.807, 2.05) is 0 Å². The molecule has 0 unspecified atom stereocenters. The number of nitrogens with zero attached hydrogens (tertiary/aromatic N) is 4. The van der Waals surface area contributed by atoms with Crippen LogP contribution in [0.25, 0.3) is 17.0 Å². The lowest BCUT2D eigenvalue weighted by atomic mass is 10.1. The lowest BCUT2D eigenvalue weighted by Gasteiger charge is -2.22. The molecule has 12 nitrogen and oxygen atoms in total. The number of nitrogens with two attached hydrogens (primary N) is 2. The quantitative estimate of drug-likeness (QED) is 0.0368. The maximum absolute atomic E-state index is 14.9. The highest BCUT2D eigenvalue weighted by atomic mass is 19.4. The van der Waals surface area contributed by atoms with Crippen LogP contribution < -0.4 is 33.5 Å². The maximum atomic E-state index is 14.9. The number of hydrogen-bond acceptors (Lipinski definition) is 8. The summed E-state index contributed by atoms with van der Waals surface area (Å²) in [6.45, 7) is 2.79. The van der Waals surface area contributed by atoms with Crippen molar-refractivity contribution < 1.29 is 27.5 Å². The number of hydrazine groups is 1. The highest BCUT2D eigenvalue weighted by Gasteiger charge is 2.33. The number of amides is 1. The first-order valence-electron chi connectivity index (χ1n) is 15.9. The van der Waals surface area contributed by atoms with Crippen LogP contribution in [0.3, 0.4) is 0 Å². The monoisotopic (exact) mass is 720 g/mol. The van der Waals surface area contributed by atoms with Crippen LogP contribution in [0.2, 0.25) is 0 Å². The Labute approximate surface area is 295 Å². The number of aromatic nitrogens is 2. The number of nitrogens with one attached hydrogen (secondary N) is 2. The largest absolute Gasteiger partial charge is 0.515 e. The number of amidine groups is 1. The lowest BCUT2D eigenvalue weighted by Crippen LogP contribution is -2.44. The first-order valence-corrected chi connectivity index (χ1v) is 15.9. The van der Waals surface area contributed by atoms with Gasteiger partial charge < -0.3 is 26.5 Å². The highest BCUT2D eigenvalue weighted by Crippen LogP contribution is 2.33. The number of benzene rings is 3. The van der Waals surface area contributed by atoms with Gasteiger partial charge in [-0.1, -0.05) is 24.3 Å². The van der Waals surface area contributed by atoms with Gasteiger partial charge in [-0.2, -0.15) is 13.2 Å². The third kappa shape index (κ3) is 8.07. The Morgan fingerprint density at radius 2 is 1.77 bits per heavy atom. The molecule has 16 heteroatoms. The van der Waals surface area contributed by atoms with Gasteiger partial charge in [0.25, 0.3) is 5.56 Å². The number of alkyl halides is 3. The van der Waals surface area contributed by atoms with E-state index in [4.69, 9.17) is 11.6 Å². The van der Waals surface area contributed by atoms with Crippen LogP contribution in [0.15, 0.2) is 93.8 Å². The number of allylic oxidation sites excluding steroid dienone is 1. The van der Waals surface area contributed by atoms with E-state index in [1.54, 1.807) is 31.2 Å². The van der Waals surface area contributed by atoms with Crippen molar-refractivity contribution >= 4 is 34.4 Å². The van der Waals surface area contributed by atoms with E-state index in [1.165, 1.54) is 55.1 Å². The van der Waals surface area contributed by atoms with Crippen molar-refractivity contribution in [3.8, 4) is 5.69 Å². The Hall–Kier alpha value is -6.16. The van der Waals surface area contributed by atoms with Gasteiger partial charge in [0.2, 0.25) is 5.91 Å². The van der Waals surface area contributed by atoms with Gasteiger partial charge in [-0.25, -0.2) is 15.0 Å². The molecule has 1 fully saturated rings. The van der Waals surface area contributed by atoms with Crippen LogP contribution in [-0.4, -0.2) is 44.6 Å². The van der Waals surface area contributed by atoms with Crippen LogP contribution in [0.1, 0.15) is 53.8 Å². The zero-order valence-corrected chi connectivity index (χ0v) is 28.3. The van der Waals surface area contributed by atoms with Crippen molar-refractivity contribution in [2.75, 3.05) is 24.2 Å². The third-order valence-corrected chi connectivity index (χ3v) is 8.17. The number of carbonyl (C=O) groups excluding carboxylic acids is 1. The minimum atomic E-state index is -4.51. The van der Waals surface area contributed by atoms with Gasteiger partial charge in [0, 0.05) is 30.5 Å². The van der Waals surface area contributed by atoms with E-state index < -0.39 is 47.3 Å². The maximum Gasteiger partial charge on any atom is 0.416 e. The number of carbonyl (C=O) groups is 1. The number of aliphatic hydroxyl groups is 1. The number of hydrogen-bond donors (Lipinski definition) is 5. The van der Waals surface area contributed by atoms with E-state index in [2.05, 4.69) is 15.6 Å². The number of aliphatic imine (C=N–C) groups is 1. The van der Waals surface area contributed by atoms with E-state index >= 15 is 0 Å². The summed E-state index contributed by atoms with van der Waals surface area (Å²) in [5.41, 5.74) is 5.19. The van der Waals surface area contributed by atoms with Gasteiger partial charge in [0.15, 0.2) is 0 Å². The molecule has 1 heterocycles. The predicted molar refractivity (Wildman–Crippen MR) is 191 cm³/mol. The molecule has 272 valence electrons. The minimum absolute atomic E-state index is 0.0152. The van der Waals surface area contributed by atoms with Crippen molar-refractivity contribution in [2.24, 2.45) is 16.6 Å². The number of halogens is 4. The molecule has 1 amide bonds. The first kappa shape index (κ1) is 37.1. The Kier molecular flexibility index (Phi) is 10.7. The molecular formula is C36H36F4N8O4. The number of aryl methyl sites for hydroxylation is 1. The number of anilines is 2. The molecule has 7 N–H and O–H groups in total. The Morgan fingerprint density at radius 1 is 1.08 bits per heavy atom. The summed E-state index contributed by atoms with van der Waals surface area (Å²) in [5.74, 6) is 4.70. The molecule has 1 saturated carbocycles. The number of rotatable bonds is 10. The van der Waals surface area contributed by atoms with E-state index in [-0.39, 0.29) is 51.0 Å². The molecule has 1 aliphatic rings. The van der Waals surface area contributed by atoms with Crippen LogP contribution >= 0.6 is 0 Å². The van der Waals surface area contributed by atoms with Gasteiger partial charge in [-0.15, -0.1) is 0 Å². The highest BCUT2D eigenvalue weighted by molar-refractivity contribution is 6.10. The Bertz CT molecular complexity index is 2220. The van der Waals surface area contributed by atoms with Crippen molar-refractivity contribution in [3.63, 3.8) is 0 Å². The average Bonchev–Trinajstić information content (AvgIpc) is 3.92. The fraction of sp³-hybridized carbons (Fsp3) is 0.222. The zero-order valence-electron chi connectivity index (χ0n) is 28.3. The first-order chi connectivity index (χ1) is 24.6. The summed E-state index contributed by atoms with van der Waals surface area (Å²) in [6, 6.07) is 14.3. The van der Waals surface area contributed by atoms with E-state index in [0.717, 1.165) is 28.0 Å². The molecule has 1 aliphatic carbocycles. The second-order valence-corrected chi connectivity index (χ2v) is 12.2. The Balaban J connectivity index is 1.49. The standard InChI is InChI=1S/C36H36F4N8O4/c1-20-7-14-29(27(37)15-20)45-33(43-3)31-32(21(2)19-49)47(35(52)48(34(31)51)25-12-13-25)26-6-4-5-24(16-26)44-30(50)18-46(42)17-28(41)22-8-10-23(11-9-22)36(38,39)40/h4-11,14-17,19,25,49H,12-13,18,41-42H2,1-3H3,(H,43,45)(H,44,50)/b21-19?,28-17-. The van der Waals surface area contributed by atoms with E-state index in [0.29, 0.717) is 18.4 Å². The van der Waals surface area contributed by atoms with Crippen molar-refractivity contribution in [3.05, 3.63) is 134 Å². The summed E-state index contributed by atoms with van der Waals surface area (Å²) in [7, 11) is 1.40. The summed E-state index contributed by atoms with van der Waals surface area (Å²) in [6.07, 6.45) is -1.43. The molecule has 5 rings (SSSR count). The summed E-state index contributed by atoms with van der Waals surface area (Å²) in [4.78, 5) is 45.4. The van der Waals surface area contributed by atoms with Gasteiger partial charge in [0.1, 0.15) is 23.8 Å². The molecule has 1 aromatic heterocycles. The smallest absolute Gasteiger partial charge is 0.416 e. The van der Waals surface area contributed by atoms with Crippen LogP contribution in [0.5, 0.6) is 0 Å². The molecule has 0 spiro atoms. The summed E-state index contributed by atoms with van der Waals surface area (Å²) in [5, 5.41) is 16.7. The third-order valence-electron chi connectivity index (χ3n) is 8.17. The van der Waals surface area contributed by atoms with Crippen molar-refractivity contribution in [2.45, 2.75) is 38.9 Å². The normalized spacial score (nSPS) is 14.0. The van der Waals surface area contributed by atoms with E-state index in [9.17, 15) is 37.1 Å². The van der Waals surface area contributed by atoms with Crippen LogP contribution in [0.4, 0.5) is 28.9 Å². The predicted octanol–water partition coefficient (Wildman–Crippen LogP) is 5.28. The minimum Gasteiger partial charge on any atom is -0.515 e. The molecule has 0 saturated heterocycles. The second-order valence-electron chi connectivity index (χ2n) is 12.2. The molecule has 0 aliphatic heterocycles. The second kappa shape index (κ2) is 15.0. The van der Waals surface area contributed by atoms with Gasteiger partial charge in [0.05, 0.1) is 34.6 Å². The Morgan fingerprint density at radius 3 is 2.37 bits per heavy atom. The van der Waals surface area contributed by atoms with Crippen molar-refractivity contribution in [1.29, 1.82) is 0 Å². The van der Waals surface area contributed by atoms with Crippen LogP contribution in [0, 0.1) is 12.7 Å². The van der Waals surface area contributed by atoms with Gasteiger partial charge in [-0.05, 0) is 80.3 Å². The average molecular weight is 721 g/mol. The lowest BCUT2D eigenvalue weighted by molar-refractivity contribution is -0.137. The summed E-state index contributed by atoms with van der Waals surface area (Å²) >= 11 is 0. The van der Waals surface area contributed by atoms with Crippen molar-refractivity contribution in [1.82, 2.24) is 14.1 Å². The molecule has 52 heavy (non-hydrogen) atoms. The van der Waals surface area contributed by atoms with Crippen LogP contribution in [-0.2, 0) is 11.0 Å². The zero-order chi connectivity index (χ0) is 37.9. The summed E-state index contributed by atoms with van der Waals surface area (Å²) < 4.78 is 56.0. The number of aliphatic hydroxyl groups excluding tert-OH is 1. The molecular weight excluding hydrogens is 684 g/mol. The fourth-order valence-electron chi connectivity index (χ4n) is 5.49. The molecule has 0 radical (unpaired) electrons. The van der Waals surface area contributed by atoms with Gasteiger partial charge in [-0.3, -0.25) is 23.7 Å².